The summed E-state index contributed by atoms with van der Waals surface area (Å²) in [5.41, 5.74) is 0.669. The molecule has 0 spiro atoms. The molecular weight excluding hydrogens is 270 g/mol. The Morgan fingerprint density at radius 3 is 2.81 bits per heavy atom. The van der Waals surface area contributed by atoms with Crippen molar-refractivity contribution in [2.75, 3.05) is 5.32 Å². The second kappa shape index (κ2) is 5.20. The predicted octanol–water partition coefficient (Wildman–Crippen LogP) is 2.54. The van der Waals surface area contributed by atoms with Gasteiger partial charge in [0.05, 0.1) is 17.1 Å². The highest BCUT2D eigenvalue weighted by Gasteiger charge is 2.42. The van der Waals surface area contributed by atoms with Crippen molar-refractivity contribution in [3.8, 4) is 0 Å². The topological polar surface area (TPSA) is 95.1 Å². The largest absolute Gasteiger partial charge is 0.481 e. The smallest absolute Gasteiger partial charge is 0.310 e. The van der Waals surface area contributed by atoms with Gasteiger partial charge in [0, 0.05) is 17.5 Å². The highest BCUT2D eigenvalue weighted by atomic mass is 16.4. The summed E-state index contributed by atoms with van der Waals surface area (Å²) in [7, 11) is 0. The third-order valence-electron chi connectivity index (χ3n) is 4.24. The van der Waals surface area contributed by atoms with Crippen LogP contribution in [0.25, 0.3) is 10.9 Å². The summed E-state index contributed by atoms with van der Waals surface area (Å²) in [5.74, 6) is -1.11. The molecule has 1 aliphatic carbocycles. The summed E-state index contributed by atoms with van der Waals surface area (Å²) < 4.78 is 0. The van der Waals surface area contributed by atoms with Crippen LogP contribution >= 0.6 is 0 Å². The lowest BCUT2D eigenvalue weighted by molar-refractivity contribution is -0.150. The van der Waals surface area contributed by atoms with Crippen LogP contribution in [0.15, 0.2) is 24.4 Å². The van der Waals surface area contributed by atoms with E-state index in [-0.39, 0.29) is 12.3 Å². The Bertz CT molecular complexity index is 686. The van der Waals surface area contributed by atoms with E-state index >= 15 is 0 Å². The normalized spacial score (nSPS) is 17.0. The number of nitrogens with one attached hydrogen (secondary N) is 2. The molecule has 0 aliphatic heterocycles. The molecule has 0 saturated heterocycles. The van der Waals surface area contributed by atoms with Crippen molar-refractivity contribution in [2.24, 2.45) is 5.41 Å². The van der Waals surface area contributed by atoms with Gasteiger partial charge in [0.1, 0.15) is 0 Å². The van der Waals surface area contributed by atoms with Crippen molar-refractivity contribution < 1.29 is 14.7 Å². The summed E-state index contributed by atoms with van der Waals surface area (Å²) in [6.07, 6.45) is 4.63. The van der Waals surface area contributed by atoms with Gasteiger partial charge < -0.3 is 10.4 Å². The lowest BCUT2D eigenvalue weighted by atomic mass is 9.82. The van der Waals surface area contributed by atoms with Crippen LogP contribution in [0.3, 0.4) is 0 Å². The molecule has 1 aromatic heterocycles. The van der Waals surface area contributed by atoms with E-state index in [4.69, 9.17) is 0 Å². The molecule has 1 aromatic carbocycles. The summed E-state index contributed by atoms with van der Waals surface area (Å²) >= 11 is 0. The van der Waals surface area contributed by atoms with Crippen LogP contribution < -0.4 is 5.32 Å². The summed E-state index contributed by atoms with van der Waals surface area (Å²) in [6.45, 7) is 0. The molecule has 0 bridgehead atoms. The van der Waals surface area contributed by atoms with E-state index in [1.807, 2.05) is 12.1 Å². The Labute approximate surface area is 121 Å². The molecule has 110 valence electrons. The summed E-state index contributed by atoms with van der Waals surface area (Å²) in [6, 6.07) is 5.43. The first-order valence-corrected chi connectivity index (χ1v) is 7.05. The van der Waals surface area contributed by atoms with Crippen molar-refractivity contribution in [3.63, 3.8) is 0 Å². The minimum absolute atomic E-state index is 0.0335. The molecule has 3 N–H and O–H groups in total. The number of nitrogens with zero attached hydrogens (tertiary/aromatic N) is 1. The molecule has 1 heterocycles. The van der Waals surface area contributed by atoms with E-state index in [1.165, 1.54) is 0 Å². The van der Waals surface area contributed by atoms with E-state index in [0.29, 0.717) is 18.5 Å². The molecule has 3 rings (SSSR count). The molecule has 1 amide bonds. The number of amides is 1. The molecule has 1 aliphatic rings. The van der Waals surface area contributed by atoms with E-state index < -0.39 is 11.4 Å². The van der Waals surface area contributed by atoms with Gasteiger partial charge >= 0.3 is 5.97 Å². The maximum absolute atomic E-state index is 12.2. The monoisotopic (exact) mass is 287 g/mol. The van der Waals surface area contributed by atoms with Crippen molar-refractivity contribution >= 4 is 28.5 Å². The number of carboxylic acids is 1. The minimum Gasteiger partial charge on any atom is -0.481 e. The zero-order valence-electron chi connectivity index (χ0n) is 11.6. The van der Waals surface area contributed by atoms with Crippen LogP contribution in [-0.2, 0) is 9.59 Å². The maximum Gasteiger partial charge on any atom is 0.310 e. The second-order valence-electron chi connectivity index (χ2n) is 5.69. The quantitative estimate of drug-likeness (QED) is 0.805. The molecule has 0 atom stereocenters. The van der Waals surface area contributed by atoms with Crippen LogP contribution in [-0.4, -0.2) is 27.2 Å². The number of benzene rings is 1. The first-order valence-electron chi connectivity index (χ1n) is 7.05. The Morgan fingerprint density at radius 1 is 1.33 bits per heavy atom. The minimum atomic E-state index is -0.885. The number of hydrogen-bond donors (Lipinski definition) is 3. The van der Waals surface area contributed by atoms with Crippen LogP contribution in [0, 0.1) is 5.41 Å². The maximum atomic E-state index is 12.2. The van der Waals surface area contributed by atoms with Gasteiger partial charge in [0.2, 0.25) is 5.91 Å². The fourth-order valence-electron chi connectivity index (χ4n) is 3.05. The molecule has 0 unspecified atom stereocenters. The lowest BCUT2D eigenvalue weighted by Crippen LogP contribution is -2.32. The molecule has 6 heteroatoms. The van der Waals surface area contributed by atoms with E-state index in [9.17, 15) is 14.7 Å². The number of fused-ring (bicyclic) bond motifs is 1. The fraction of sp³-hybridized carbons (Fsp3) is 0.400. The SMILES string of the molecule is O=C(CC1(C(=O)O)CCCC1)Nc1ccc2[nH]ncc2c1. The van der Waals surface area contributed by atoms with Gasteiger partial charge in [0.25, 0.3) is 0 Å². The fourth-order valence-corrected chi connectivity index (χ4v) is 3.05. The first kappa shape index (κ1) is 13.6. The number of aromatic amines is 1. The number of rotatable bonds is 4. The lowest BCUT2D eigenvalue weighted by Gasteiger charge is -2.22. The molecule has 21 heavy (non-hydrogen) atoms. The Kier molecular flexibility index (Phi) is 3.37. The third kappa shape index (κ3) is 2.61. The van der Waals surface area contributed by atoms with Gasteiger partial charge in [0.15, 0.2) is 0 Å². The van der Waals surface area contributed by atoms with Crippen molar-refractivity contribution in [1.82, 2.24) is 10.2 Å². The van der Waals surface area contributed by atoms with Crippen LogP contribution in [0.2, 0.25) is 0 Å². The number of carbonyl (C=O) groups excluding carboxylic acids is 1. The van der Waals surface area contributed by atoms with Crippen LogP contribution in [0.4, 0.5) is 5.69 Å². The standard InChI is InChI=1S/C15H17N3O3/c19-13(8-15(14(20)21)5-1-2-6-15)17-11-3-4-12-10(7-11)9-16-18-12/h3-4,7,9H,1-2,5-6,8H2,(H,16,18)(H,17,19)(H,20,21). The van der Waals surface area contributed by atoms with Gasteiger partial charge in [-0.15, -0.1) is 0 Å². The number of aromatic nitrogens is 2. The van der Waals surface area contributed by atoms with Crippen molar-refractivity contribution in [1.29, 1.82) is 0 Å². The van der Waals surface area contributed by atoms with Gasteiger partial charge in [-0.25, -0.2) is 0 Å². The zero-order chi connectivity index (χ0) is 14.9. The molecule has 0 radical (unpaired) electrons. The van der Waals surface area contributed by atoms with E-state index in [1.54, 1.807) is 12.3 Å². The van der Waals surface area contributed by atoms with Gasteiger partial charge in [-0.2, -0.15) is 5.10 Å². The van der Waals surface area contributed by atoms with Crippen LogP contribution in [0.5, 0.6) is 0 Å². The highest BCUT2D eigenvalue weighted by molar-refractivity contribution is 5.96. The predicted molar refractivity (Wildman–Crippen MR) is 77.9 cm³/mol. The number of hydrogen-bond acceptors (Lipinski definition) is 3. The van der Waals surface area contributed by atoms with Gasteiger partial charge in [-0.05, 0) is 31.0 Å². The third-order valence-corrected chi connectivity index (χ3v) is 4.24. The Hall–Kier alpha value is -2.37. The molecule has 1 fully saturated rings. The second-order valence-corrected chi connectivity index (χ2v) is 5.69. The first-order chi connectivity index (χ1) is 10.1. The number of H-pyrrole nitrogens is 1. The number of aliphatic carboxylic acids is 1. The highest BCUT2D eigenvalue weighted by Crippen LogP contribution is 2.41. The molecule has 1 saturated carbocycles. The summed E-state index contributed by atoms with van der Waals surface area (Å²) in [4.78, 5) is 23.6. The average Bonchev–Trinajstić information content (AvgIpc) is 3.07. The number of carboxylic acid groups (broad SMARTS) is 1. The van der Waals surface area contributed by atoms with Crippen LogP contribution in [0.1, 0.15) is 32.1 Å². The average molecular weight is 287 g/mol. The molecule has 6 nitrogen and oxygen atoms in total. The van der Waals surface area contributed by atoms with Crippen molar-refractivity contribution in [3.05, 3.63) is 24.4 Å². The van der Waals surface area contributed by atoms with Gasteiger partial charge in [-0.3, -0.25) is 14.7 Å². The van der Waals surface area contributed by atoms with Gasteiger partial charge in [-0.1, -0.05) is 12.8 Å². The number of anilines is 1. The Balaban J connectivity index is 1.72. The van der Waals surface area contributed by atoms with E-state index in [0.717, 1.165) is 23.7 Å². The summed E-state index contributed by atoms with van der Waals surface area (Å²) in [5, 5.41) is 19.9. The molecule has 2 aromatic rings. The molecular formula is C15H17N3O3. The zero-order valence-corrected chi connectivity index (χ0v) is 11.6. The number of carbonyl (C=O) groups is 2. The van der Waals surface area contributed by atoms with Crippen molar-refractivity contribution in [2.45, 2.75) is 32.1 Å². The van der Waals surface area contributed by atoms with E-state index in [2.05, 4.69) is 15.5 Å². The Morgan fingerprint density at radius 2 is 2.10 bits per heavy atom.